The Labute approximate surface area is 134 Å². The Morgan fingerprint density at radius 2 is 2.35 bits per heavy atom. The lowest BCUT2D eigenvalue weighted by molar-refractivity contribution is 0.124. The molecule has 0 amide bonds. The molecule has 4 heteroatoms. The third kappa shape index (κ3) is 4.48. The van der Waals surface area contributed by atoms with Crippen molar-refractivity contribution in [1.82, 2.24) is 5.32 Å². The Morgan fingerprint density at radius 3 is 3.05 bits per heavy atom. The van der Waals surface area contributed by atoms with Crippen LogP contribution in [0.4, 0.5) is 0 Å². The molecule has 2 atom stereocenters. The molecule has 2 N–H and O–H groups in total. The highest BCUT2D eigenvalue weighted by molar-refractivity contribution is 9.10. The van der Waals surface area contributed by atoms with Crippen molar-refractivity contribution < 1.29 is 5.11 Å². The van der Waals surface area contributed by atoms with Gasteiger partial charge in [0.1, 0.15) is 0 Å². The minimum atomic E-state index is -0.0576. The predicted octanol–water partition coefficient (Wildman–Crippen LogP) is 4.21. The van der Waals surface area contributed by atoms with E-state index in [9.17, 15) is 5.11 Å². The fourth-order valence-electron chi connectivity index (χ4n) is 2.89. The highest BCUT2D eigenvalue weighted by atomic mass is 79.9. The van der Waals surface area contributed by atoms with Crippen molar-refractivity contribution >= 4 is 27.7 Å². The smallest absolute Gasteiger partial charge is 0.0613 e. The van der Waals surface area contributed by atoms with E-state index in [1.54, 1.807) is 0 Å². The van der Waals surface area contributed by atoms with Crippen molar-refractivity contribution in [2.45, 2.75) is 54.7 Å². The zero-order valence-electron chi connectivity index (χ0n) is 12.1. The maximum absolute atomic E-state index is 9.82. The number of aliphatic hydroxyl groups is 1. The normalized spacial score (nSPS) is 26.6. The predicted molar refractivity (Wildman–Crippen MR) is 90.4 cm³/mol. The van der Waals surface area contributed by atoms with Crippen molar-refractivity contribution in [1.29, 1.82) is 0 Å². The Balaban J connectivity index is 1.98. The van der Waals surface area contributed by atoms with E-state index in [-0.39, 0.29) is 12.1 Å². The first-order chi connectivity index (χ1) is 9.67. The van der Waals surface area contributed by atoms with Gasteiger partial charge in [-0.2, -0.15) is 0 Å². The SMILES string of the molecule is CCCNC1(CO)CCCC(Sc2cccc(Br)c2)C1. The summed E-state index contributed by atoms with van der Waals surface area (Å²) in [5.74, 6) is 0. The van der Waals surface area contributed by atoms with Gasteiger partial charge >= 0.3 is 0 Å². The molecule has 0 saturated heterocycles. The molecule has 2 rings (SSSR count). The summed E-state index contributed by atoms with van der Waals surface area (Å²) in [5.41, 5.74) is -0.0576. The van der Waals surface area contributed by atoms with Gasteiger partial charge in [-0.15, -0.1) is 11.8 Å². The van der Waals surface area contributed by atoms with Gasteiger partial charge < -0.3 is 10.4 Å². The van der Waals surface area contributed by atoms with Crippen LogP contribution in [0, 0.1) is 0 Å². The van der Waals surface area contributed by atoms with Crippen LogP contribution < -0.4 is 5.32 Å². The summed E-state index contributed by atoms with van der Waals surface area (Å²) in [4.78, 5) is 1.31. The number of benzene rings is 1. The second kappa shape index (κ2) is 7.83. The topological polar surface area (TPSA) is 32.3 Å². The molecule has 2 unspecified atom stereocenters. The van der Waals surface area contributed by atoms with Crippen LogP contribution in [0.3, 0.4) is 0 Å². The molecule has 0 heterocycles. The molecule has 1 aliphatic carbocycles. The third-order valence-electron chi connectivity index (χ3n) is 3.95. The van der Waals surface area contributed by atoms with E-state index >= 15 is 0 Å². The van der Waals surface area contributed by atoms with E-state index in [0.29, 0.717) is 5.25 Å². The number of hydrogen-bond donors (Lipinski definition) is 2. The fourth-order valence-corrected chi connectivity index (χ4v) is 4.87. The maximum atomic E-state index is 9.82. The van der Waals surface area contributed by atoms with E-state index in [2.05, 4.69) is 52.4 Å². The summed E-state index contributed by atoms with van der Waals surface area (Å²) in [5, 5.41) is 14.0. The van der Waals surface area contributed by atoms with Crippen molar-refractivity contribution in [3.05, 3.63) is 28.7 Å². The minimum absolute atomic E-state index is 0.0576. The van der Waals surface area contributed by atoms with Gasteiger partial charge in [-0.3, -0.25) is 0 Å². The molecule has 1 saturated carbocycles. The first-order valence-electron chi connectivity index (χ1n) is 7.45. The molecule has 1 fully saturated rings. The largest absolute Gasteiger partial charge is 0.394 e. The van der Waals surface area contributed by atoms with E-state index in [0.717, 1.165) is 30.3 Å². The summed E-state index contributed by atoms with van der Waals surface area (Å²) < 4.78 is 1.14. The van der Waals surface area contributed by atoms with Gasteiger partial charge in [-0.05, 0) is 50.4 Å². The molecular weight excluding hydrogens is 334 g/mol. The molecule has 0 aromatic heterocycles. The van der Waals surface area contributed by atoms with Crippen LogP contribution in [0.15, 0.2) is 33.6 Å². The Kier molecular flexibility index (Phi) is 6.40. The van der Waals surface area contributed by atoms with Crippen LogP contribution in [-0.4, -0.2) is 29.0 Å². The number of thioether (sulfide) groups is 1. The van der Waals surface area contributed by atoms with Gasteiger partial charge in [0, 0.05) is 20.2 Å². The van der Waals surface area contributed by atoms with Crippen LogP contribution in [-0.2, 0) is 0 Å². The van der Waals surface area contributed by atoms with E-state index in [4.69, 9.17) is 0 Å². The number of aliphatic hydroxyl groups excluding tert-OH is 1. The highest BCUT2D eigenvalue weighted by Crippen LogP contribution is 2.38. The number of rotatable bonds is 6. The lowest BCUT2D eigenvalue weighted by atomic mass is 9.82. The molecule has 0 radical (unpaired) electrons. The summed E-state index contributed by atoms with van der Waals surface area (Å²) >= 11 is 5.48. The average molecular weight is 358 g/mol. The molecule has 0 bridgehead atoms. The van der Waals surface area contributed by atoms with Gasteiger partial charge in [0.25, 0.3) is 0 Å². The summed E-state index contributed by atoms with van der Waals surface area (Å²) in [6, 6.07) is 8.50. The number of nitrogens with one attached hydrogen (secondary N) is 1. The lowest BCUT2D eigenvalue weighted by Gasteiger charge is -2.40. The quantitative estimate of drug-likeness (QED) is 0.799. The minimum Gasteiger partial charge on any atom is -0.394 e. The van der Waals surface area contributed by atoms with Crippen LogP contribution in [0.2, 0.25) is 0 Å². The van der Waals surface area contributed by atoms with E-state index < -0.39 is 0 Å². The summed E-state index contributed by atoms with van der Waals surface area (Å²) in [6.45, 7) is 3.42. The van der Waals surface area contributed by atoms with Crippen molar-refractivity contribution in [3.8, 4) is 0 Å². The Hall–Kier alpha value is -0.0300. The number of halogens is 1. The second-order valence-corrected chi connectivity index (χ2v) is 7.95. The third-order valence-corrected chi connectivity index (χ3v) is 5.71. The molecular formula is C16H24BrNOS. The maximum Gasteiger partial charge on any atom is 0.0613 e. The Morgan fingerprint density at radius 1 is 1.50 bits per heavy atom. The first-order valence-corrected chi connectivity index (χ1v) is 9.13. The molecule has 2 nitrogen and oxygen atoms in total. The molecule has 1 aromatic rings. The number of hydrogen-bond acceptors (Lipinski definition) is 3. The highest BCUT2D eigenvalue weighted by Gasteiger charge is 2.35. The molecule has 1 aliphatic rings. The van der Waals surface area contributed by atoms with Crippen molar-refractivity contribution in [3.63, 3.8) is 0 Å². The van der Waals surface area contributed by atoms with Crippen LogP contribution in [0.1, 0.15) is 39.0 Å². The van der Waals surface area contributed by atoms with Crippen LogP contribution >= 0.6 is 27.7 Å². The molecule has 0 aliphatic heterocycles. The van der Waals surface area contributed by atoms with Gasteiger partial charge in [0.15, 0.2) is 0 Å². The molecule has 0 spiro atoms. The van der Waals surface area contributed by atoms with E-state index in [1.165, 1.54) is 17.7 Å². The standard InChI is InChI=1S/C16H24BrNOS/c1-2-9-18-16(12-19)8-4-7-15(11-16)20-14-6-3-5-13(17)10-14/h3,5-6,10,15,18-19H,2,4,7-9,11-12H2,1H3. The van der Waals surface area contributed by atoms with Crippen LogP contribution in [0.5, 0.6) is 0 Å². The Bertz CT molecular complexity index is 429. The zero-order valence-corrected chi connectivity index (χ0v) is 14.5. The van der Waals surface area contributed by atoms with Crippen molar-refractivity contribution in [2.24, 2.45) is 0 Å². The summed E-state index contributed by atoms with van der Waals surface area (Å²) in [6.07, 6.45) is 5.71. The first kappa shape index (κ1) is 16.3. The van der Waals surface area contributed by atoms with Gasteiger partial charge in [-0.25, -0.2) is 0 Å². The van der Waals surface area contributed by atoms with Gasteiger partial charge in [-0.1, -0.05) is 35.3 Å². The fraction of sp³-hybridized carbons (Fsp3) is 0.625. The van der Waals surface area contributed by atoms with Gasteiger partial charge in [0.05, 0.1) is 6.61 Å². The zero-order chi connectivity index (χ0) is 14.4. The van der Waals surface area contributed by atoms with Gasteiger partial charge in [0.2, 0.25) is 0 Å². The lowest BCUT2D eigenvalue weighted by Crippen LogP contribution is -2.52. The molecule has 20 heavy (non-hydrogen) atoms. The van der Waals surface area contributed by atoms with E-state index in [1.807, 2.05) is 11.8 Å². The second-order valence-electron chi connectivity index (χ2n) is 5.66. The monoisotopic (exact) mass is 357 g/mol. The molecule has 112 valence electrons. The summed E-state index contributed by atoms with van der Waals surface area (Å²) in [7, 11) is 0. The average Bonchev–Trinajstić information content (AvgIpc) is 2.45. The molecule has 1 aromatic carbocycles. The van der Waals surface area contributed by atoms with Crippen molar-refractivity contribution in [2.75, 3.05) is 13.2 Å². The van der Waals surface area contributed by atoms with Crippen LogP contribution in [0.25, 0.3) is 0 Å².